The van der Waals surface area contributed by atoms with Crippen molar-refractivity contribution in [1.82, 2.24) is 14.8 Å². The standard InChI is InChI=1S/C22H26FN3O.2C2HF3O2/c23-20-4-2-18(3-5-20)16-25-14-1-9-22(11-15-25)10-6-21(27)26(22)17-19-7-12-24-13-8-19;2*3-2(4,5)1(6)7/h2-5,7-8,12-13H,1,6,9-11,14-17H2;2*(H,6,7). The average Bonchev–Trinajstić information content (AvgIpc) is 3.05. The lowest BCUT2D eigenvalue weighted by molar-refractivity contribution is -0.193. The van der Waals surface area contributed by atoms with Crippen molar-refractivity contribution in [3.8, 4) is 0 Å². The van der Waals surface area contributed by atoms with Crippen LogP contribution in [0, 0.1) is 5.82 Å². The van der Waals surface area contributed by atoms with Gasteiger partial charge in [0.05, 0.1) is 0 Å². The fourth-order valence-corrected chi connectivity index (χ4v) is 4.56. The fraction of sp³-hybridized carbons (Fsp3) is 0.462. The maximum absolute atomic E-state index is 13.1. The van der Waals surface area contributed by atoms with Crippen molar-refractivity contribution in [3.63, 3.8) is 0 Å². The SMILES string of the molecule is O=C(O)C(F)(F)F.O=C(O)C(F)(F)F.O=C1CCC2(CCCN(Cc3ccc(F)cc3)CC2)N1Cc1ccncc1. The predicted octanol–water partition coefficient (Wildman–Crippen LogP) is 5.03. The van der Waals surface area contributed by atoms with E-state index in [-0.39, 0.29) is 17.3 Å². The summed E-state index contributed by atoms with van der Waals surface area (Å²) in [5, 5.41) is 14.2. The first-order chi connectivity index (χ1) is 19.0. The van der Waals surface area contributed by atoms with E-state index < -0.39 is 24.3 Å². The van der Waals surface area contributed by atoms with Crippen molar-refractivity contribution in [3.05, 3.63) is 65.7 Å². The molecule has 0 saturated carbocycles. The Labute approximate surface area is 230 Å². The minimum atomic E-state index is -5.08. The summed E-state index contributed by atoms with van der Waals surface area (Å²) >= 11 is 0. The molecule has 1 atom stereocenters. The van der Waals surface area contributed by atoms with Gasteiger partial charge in [-0.15, -0.1) is 0 Å². The third-order valence-corrected chi connectivity index (χ3v) is 6.58. The van der Waals surface area contributed by atoms with E-state index >= 15 is 0 Å². The molecular weight excluding hydrogens is 567 g/mol. The number of carboxylic acids is 2. The van der Waals surface area contributed by atoms with E-state index in [0.717, 1.165) is 56.4 Å². The van der Waals surface area contributed by atoms with Crippen LogP contribution >= 0.6 is 0 Å². The molecule has 15 heteroatoms. The van der Waals surface area contributed by atoms with E-state index in [1.807, 2.05) is 24.3 Å². The number of aliphatic carboxylic acids is 2. The topological polar surface area (TPSA) is 111 Å². The van der Waals surface area contributed by atoms with Crippen molar-refractivity contribution in [2.75, 3.05) is 13.1 Å². The fourth-order valence-electron chi connectivity index (χ4n) is 4.56. The monoisotopic (exact) mass is 595 g/mol. The summed E-state index contributed by atoms with van der Waals surface area (Å²) in [4.78, 5) is 39.1. The number of carbonyl (C=O) groups excluding carboxylic acids is 1. The Hall–Kier alpha value is -3.75. The molecule has 0 radical (unpaired) electrons. The Morgan fingerprint density at radius 2 is 1.32 bits per heavy atom. The number of rotatable bonds is 4. The minimum absolute atomic E-state index is 0.0160. The van der Waals surface area contributed by atoms with Crippen LogP contribution in [0.5, 0.6) is 0 Å². The molecule has 2 aromatic rings. The molecule has 1 unspecified atom stereocenters. The molecule has 41 heavy (non-hydrogen) atoms. The number of alkyl halides is 6. The highest BCUT2D eigenvalue weighted by atomic mass is 19.4. The lowest BCUT2D eigenvalue weighted by Crippen LogP contribution is -2.45. The molecule has 226 valence electrons. The van der Waals surface area contributed by atoms with E-state index in [9.17, 15) is 35.5 Å². The van der Waals surface area contributed by atoms with Crippen LogP contribution in [0.2, 0.25) is 0 Å². The Bertz CT molecular complexity index is 1140. The highest BCUT2D eigenvalue weighted by molar-refractivity contribution is 5.79. The number of halogens is 7. The van der Waals surface area contributed by atoms with E-state index in [1.54, 1.807) is 12.4 Å². The number of carboxylic acid groups (broad SMARTS) is 2. The average molecular weight is 596 g/mol. The van der Waals surface area contributed by atoms with E-state index in [1.165, 1.54) is 12.1 Å². The highest BCUT2D eigenvalue weighted by Gasteiger charge is 2.45. The molecule has 1 amide bonds. The molecule has 0 bridgehead atoms. The second kappa shape index (κ2) is 14.2. The van der Waals surface area contributed by atoms with E-state index in [4.69, 9.17) is 19.8 Å². The zero-order valence-electron chi connectivity index (χ0n) is 21.6. The van der Waals surface area contributed by atoms with Gasteiger partial charge in [0.15, 0.2) is 0 Å². The third kappa shape index (κ3) is 10.6. The van der Waals surface area contributed by atoms with Crippen molar-refractivity contribution in [2.45, 2.75) is 63.1 Å². The number of pyridine rings is 1. The maximum atomic E-state index is 13.1. The first-order valence-electron chi connectivity index (χ1n) is 12.3. The molecule has 1 spiro atoms. The molecule has 2 N–H and O–H groups in total. The van der Waals surface area contributed by atoms with Gasteiger partial charge in [-0.25, -0.2) is 14.0 Å². The number of nitrogens with zero attached hydrogens (tertiary/aromatic N) is 3. The summed E-state index contributed by atoms with van der Waals surface area (Å²) in [5.41, 5.74) is 2.27. The Balaban J connectivity index is 0.000000349. The normalized spacial score (nSPS) is 19.5. The van der Waals surface area contributed by atoms with Crippen LogP contribution in [-0.4, -0.2) is 73.8 Å². The highest BCUT2D eigenvalue weighted by Crippen LogP contribution is 2.40. The van der Waals surface area contributed by atoms with Crippen LogP contribution in [0.4, 0.5) is 30.7 Å². The molecule has 4 rings (SSSR count). The van der Waals surface area contributed by atoms with Gasteiger partial charge < -0.3 is 15.1 Å². The first kappa shape index (κ1) is 33.5. The third-order valence-electron chi connectivity index (χ3n) is 6.58. The van der Waals surface area contributed by atoms with Gasteiger partial charge in [-0.3, -0.25) is 14.7 Å². The largest absolute Gasteiger partial charge is 0.490 e. The number of carbonyl (C=O) groups is 3. The molecule has 2 fully saturated rings. The first-order valence-corrected chi connectivity index (χ1v) is 12.3. The van der Waals surface area contributed by atoms with Crippen LogP contribution < -0.4 is 0 Å². The number of amides is 1. The molecule has 2 aliphatic rings. The summed E-state index contributed by atoms with van der Waals surface area (Å²) in [7, 11) is 0. The number of likely N-dealkylation sites (tertiary alicyclic amines) is 2. The lowest BCUT2D eigenvalue weighted by Gasteiger charge is -2.38. The number of benzene rings is 1. The Morgan fingerprint density at radius 3 is 1.83 bits per heavy atom. The lowest BCUT2D eigenvalue weighted by atomic mass is 9.87. The van der Waals surface area contributed by atoms with Crippen molar-refractivity contribution in [2.24, 2.45) is 0 Å². The number of aromatic nitrogens is 1. The summed E-state index contributed by atoms with van der Waals surface area (Å²) in [5.74, 6) is -5.43. The van der Waals surface area contributed by atoms with Crippen LogP contribution in [0.3, 0.4) is 0 Å². The van der Waals surface area contributed by atoms with Gasteiger partial charge in [0.1, 0.15) is 5.82 Å². The molecule has 1 aromatic carbocycles. The molecule has 1 aromatic heterocycles. The van der Waals surface area contributed by atoms with Crippen LogP contribution in [0.25, 0.3) is 0 Å². The minimum Gasteiger partial charge on any atom is -0.475 e. The molecule has 2 aliphatic heterocycles. The van der Waals surface area contributed by atoms with Gasteiger partial charge in [0.25, 0.3) is 0 Å². The summed E-state index contributed by atoms with van der Waals surface area (Å²) < 4.78 is 76.6. The smallest absolute Gasteiger partial charge is 0.475 e. The quantitative estimate of drug-likeness (QED) is 0.477. The van der Waals surface area contributed by atoms with Crippen LogP contribution in [0.1, 0.15) is 43.2 Å². The number of hydrogen-bond acceptors (Lipinski definition) is 5. The van der Waals surface area contributed by atoms with Crippen molar-refractivity contribution in [1.29, 1.82) is 0 Å². The second-order valence-electron chi connectivity index (χ2n) is 9.42. The molecule has 0 aliphatic carbocycles. The van der Waals surface area contributed by atoms with Gasteiger partial charge in [0.2, 0.25) is 5.91 Å². The summed E-state index contributed by atoms with van der Waals surface area (Å²) in [6.07, 6.45) is -1.82. The van der Waals surface area contributed by atoms with Gasteiger partial charge in [-0.2, -0.15) is 26.3 Å². The van der Waals surface area contributed by atoms with E-state index in [2.05, 4.69) is 14.8 Å². The zero-order valence-corrected chi connectivity index (χ0v) is 21.6. The number of hydrogen-bond donors (Lipinski definition) is 2. The van der Waals surface area contributed by atoms with Crippen LogP contribution in [0.15, 0.2) is 48.8 Å². The van der Waals surface area contributed by atoms with Gasteiger partial charge in [0, 0.05) is 44.0 Å². The maximum Gasteiger partial charge on any atom is 0.490 e. The zero-order chi connectivity index (χ0) is 30.8. The molecule has 8 nitrogen and oxygen atoms in total. The molecular formula is C26H28F7N3O5. The van der Waals surface area contributed by atoms with Gasteiger partial charge in [-0.1, -0.05) is 12.1 Å². The van der Waals surface area contributed by atoms with Crippen molar-refractivity contribution >= 4 is 17.8 Å². The summed E-state index contributed by atoms with van der Waals surface area (Å²) in [6, 6.07) is 10.8. The molecule has 3 heterocycles. The van der Waals surface area contributed by atoms with E-state index in [0.29, 0.717) is 13.0 Å². The second-order valence-corrected chi connectivity index (χ2v) is 9.42. The Kier molecular flexibility index (Phi) is 11.6. The predicted molar refractivity (Wildman–Crippen MR) is 130 cm³/mol. The van der Waals surface area contributed by atoms with Gasteiger partial charge >= 0.3 is 24.3 Å². The van der Waals surface area contributed by atoms with Gasteiger partial charge in [-0.05, 0) is 67.6 Å². The summed E-state index contributed by atoms with van der Waals surface area (Å²) in [6.45, 7) is 3.52. The van der Waals surface area contributed by atoms with Crippen molar-refractivity contribution < 1.29 is 55.3 Å². The Morgan fingerprint density at radius 1 is 0.805 bits per heavy atom. The van der Waals surface area contributed by atoms with Crippen LogP contribution in [-0.2, 0) is 27.5 Å². The molecule has 2 saturated heterocycles.